The molecule has 2 saturated heterocycles. The van der Waals surface area contributed by atoms with Gasteiger partial charge in [0.05, 0.1) is 0 Å². The summed E-state index contributed by atoms with van der Waals surface area (Å²) in [6.45, 7) is 7.18. The van der Waals surface area contributed by atoms with Gasteiger partial charge >= 0.3 is 0 Å². The molecule has 19 heavy (non-hydrogen) atoms. The second kappa shape index (κ2) is 4.91. The Bertz CT molecular complexity index is 517. The average molecular weight is 323 g/mol. The summed E-state index contributed by atoms with van der Waals surface area (Å²) in [6, 6.07) is 6.26. The smallest absolute Gasteiger partial charge is 0.254 e. The molecule has 0 aliphatic carbocycles. The zero-order valence-electron chi connectivity index (χ0n) is 11.3. The van der Waals surface area contributed by atoms with Gasteiger partial charge in [-0.15, -0.1) is 0 Å². The van der Waals surface area contributed by atoms with Crippen LogP contribution in [0.2, 0.25) is 0 Å². The Morgan fingerprint density at radius 1 is 1.42 bits per heavy atom. The first kappa shape index (κ1) is 13.1. The number of carbonyl (C=O) groups excluding carboxylic acids is 1. The number of benzene rings is 1. The van der Waals surface area contributed by atoms with E-state index in [0.717, 1.165) is 35.2 Å². The lowest BCUT2D eigenvalue weighted by Crippen LogP contribution is -2.38. The summed E-state index contributed by atoms with van der Waals surface area (Å²) in [5.74, 6) is 1.43. The third kappa shape index (κ3) is 2.21. The van der Waals surface area contributed by atoms with E-state index in [1.807, 2.05) is 25.1 Å². The molecular weight excluding hydrogens is 304 g/mol. The number of likely N-dealkylation sites (tertiary alicyclic amines) is 1. The number of halogens is 1. The minimum Gasteiger partial charge on any atom is -0.335 e. The van der Waals surface area contributed by atoms with Crippen molar-refractivity contribution in [1.29, 1.82) is 0 Å². The highest BCUT2D eigenvalue weighted by molar-refractivity contribution is 9.10. The van der Waals surface area contributed by atoms with Gasteiger partial charge in [0.2, 0.25) is 0 Å². The lowest BCUT2D eigenvalue weighted by molar-refractivity contribution is 0.0727. The highest BCUT2D eigenvalue weighted by atomic mass is 79.9. The van der Waals surface area contributed by atoms with Gasteiger partial charge in [0.1, 0.15) is 0 Å². The van der Waals surface area contributed by atoms with E-state index in [1.165, 1.54) is 0 Å². The van der Waals surface area contributed by atoms with E-state index >= 15 is 0 Å². The number of hydrogen-bond donors (Lipinski definition) is 1. The van der Waals surface area contributed by atoms with Gasteiger partial charge < -0.3 is 10.2 Å². The molecule has 2 fully saturated rings. The summed E-state index contributed by atoms with van der Waals surface area (Å²) >= 11 is 3.46. The van der Waals surface area contributed by atoms with Crippen molar-refractivity contribution >= 4 is 21.8 Å². The molecule has 2 heterocycles. The number of nitrogens with zero attached hydrogens (tertiary/aromatic N) is 1. The monoisotopic (exact) mass is 322 g/mol. The third-order valence-electron chi connectivity index (χ3n) is 4.63. The van der Waals surface area contributed by atoms with Crippen LogP contribution in [0.5, 0.6) is 0 Å². The van der Waals surface area contributed by atoms with E-state index < -0.39 is 0 Å². The topological polar surface area (TPSA) is 32.3 Å². The van der Waals surface area contributed by atoms with Crippen molar-refractivity contribution in [3.63, 3.8) is 0 Å². The van der Waals surface area contributed by atoms with E-state index in [1.54, 1.807) is 0 Å². The van der Waals surface area contributed by atoms with E-state index in [0.29, 0.717) is 17.9 Å². The minimum absolute atomic E-state index is 0.181. The van der Waals surface area contributed by atoms with Crippen molar-refractivity contribution in [3.05, 3.63) is 33.8 Å². The molecule has 3 nitrogen and oxygen atoms in total. The van der Waals surface area contributed by atoms with Crippen molar-refractivity contribution in [1.82, 2.24) is 10.2 Å². The molecule has 3 rings (SSSR count). The molecule has 0 radical (unpaired) electrons. The molecule has 1 aromatic rings. The van der Waals surface area contributed by atoms with Gasteiger partial charge in [0.15, 0.2) is 0 Å². The molecule has 0 saturated carbocycles. The number of amides is 1. The first-order valence-electron chi connectivity index (χ1n) is 6.86. The maximum atomic E-state index is 12.7. The average Bonchev–Trinajstić information content (AvgIpc) is 2.95. The molecule has 3 unspecified atom stereocenters. The molecule has 1 N–H and O–H groups in total. The second-order valence-corrected chi connectivity index (χ2v) is 6.66. The zero-order valence-corrected chi connectivity index (χ0v) is 12.9. The molecule has 102 valence electrons. The van der Waals surface area contributed by atoms with Crippen molar-refractivity contribution in [3.8, 4) is 0 Å². The fourth-order valence-electron chi connectivity index (χ4n) is 3.42. The van der Waals surface area contributed by atoms with E-state index in [-0.39, 0.29) is 5.91 Å². The van der Waals surface area contributed by atoms with Gasteiger partial charge in [0.25, 0.3) is 5.91 Å². The molecule has 2 aliphatic rings. The summed E-state index contributed by atoms with van der Waals surface area (Å²) in [4.78, 5) is 14.8. The van der Waals surface area contributed by atoms with Crippen LogP contribution in [0.3, 0.4) is 0 Å². The summed E-state index contributed by atoms with van der Waals surface area (Å²) in [7, 11) is 0. The fourth-order valence-corrected chi connectivity index (χ4v) is 3.78. The molecule has 0 spiro atoms. The van der Waals surface area contributed by atoms with E-state index in [4.69, 9.17) is 0 Å². The van der Waals surface area contributed by atoms with Crippen LogP contribution in [0.25, 0.3) is 0 Å². The molecule has 1 amide bonds. The molecule has 0 aromatic heterocycles. The molecular formula is C15H19BrN2O. The van der Waals surface area contributed by atoms with Crippen molar-refractivity contribution in [2.45, 2.75) is 19.9 Å². The van der Waals surface area contributed by atoms with Crippen LogP contribution >= 0.6 is 15.9 Å². The van der Waals surface area contributed by atoms with Crippen LogP contribution in [0.15, 0.2) is 22.7 Å². The number of hydrogen-bond acceptors (Lipinski definition) is 2. The molecule has 1 aromatic carbocycles. The normalized spacial score (nSPS) is 29.6. The Morgan fingerprint density at radius 2 is 2.21 bits per heavy atom. The molecule has 0 bridgehead atoms. The highest BCUT2D eigenvalue weighted by Crippen LogP contribution is 2.33. The van der Waals surface area contributed by atoms with Crippen molar-refractivity contribution < 1.29 is 4.79 Å². The van der Waals surface area contributed by atoms with Gasteiger partial charge in [-0.3, -0.25) is 4.79 Å². The number of aryl methyl sites for hydroxylation is 1. The number of fused-ring (bicyclic) bond motifs is 1. The SMILES string of the molecule is Cc1ccc(Br)cc1C(=O)N1CC2CNCC2C1C. The van der Waals surface area contributed by atoms with Crippen LogP contribution in [-0.2, 0) is 0 Å². The quantitative estimate of drug-likeness (QED) is 0.861. The van der Waals surface area contributed by atoms with Crippen LogP contribution in [0.1, 0.15) is 22.8 Å². The van der Waals surface area contributed by atoms with Gasteiger partial charge in [-0.25, -0.2) is 0 Å². The Hall–Kier alpha value is -0.870. The summed E-state index contributed by atoms with van der Waals surface area (Å²) in [6.07, 6.45) is 0. The Balaban J connectivity index is 1.86. The first-order valence-corrected chi connectivity index (χ1v) is 7.65. The van der Waals surface area contributed by atoms with Gasteiger partial charge in [-0.2, -0.15) is 0 Å². The summed E-state index contributed by atoms with van der Waals surface area (Å²) in [5, 5.41) is 3.43. The lowest BCUT2D eigenvalue weighted by Gasteiger charge is -2.25. The largest absolute Gasteiger partial charge is 0.335 e. The maximum absolute atomic E-state index is 12.7. The summed E-state index contributed by atoms with van der Waals surface area (Å²) < 4.78 is 0.968. The van der Waals surface area contributed by atoms with Crippen LogP contribution in [-0.4, -0.2) is 36.5 Å². The molecule has 4 heteroatoms. The van der Waals surface area contributed by atoms with Gasteiger partial charge in [-0.1, -0.05) is 22.0 Å². The number of carbonyl (C=O) groups is 1. The minimum atomic E-state index is 0.181. The molecule has 3 atom stereocenters. The van der Waals surface area contributed by atoms with Crippen molar-refractivity contribution in [2.75, 3.05) is 19.6 Å². The van der Waals surface area contributed by atoms with Crippen LogP contribution in [0, 0.1) is 18.8 Å². The van der Waals surface area contributed by atoms with Gasteiger partial charge in [-0.05, 0) is 43.4 Å². The predicted molar refractivity (Wildman–Crippen MR) is 79.2 cm³/mol. The second-order valence-electron chi connectivity index (χ2n) is 5.74. The Labute approximate surface area is 122 Å². The van der Waals surface area contributed by atoms with Crippen LogP contribution < -0.4 is 5.32 Å². The van der Waals surface area contributed by atoms with E-state index in [2.05, 4.69) is 33.1 Å². The maximum Gasteiger partial charge on any atom is 0.254 e. The third-order valence-corrected chi connectivity index (χ3v) is 5.12. The van der Waals surface area contributed by atoms with Crippen molar-refractivity contribution in [2.24, 2.45) is 11.8 Å². The lowest BCUT2D eigenvalue weighted by atomic mass is 9.95. The Kier molecular flexibility index (Phi) is 3.39. The number of rotatable bonds is 1. The zero-order chi connectivity index (χ0) is 13.6. The predicted octanol–water partition coefficient (Wildman–Crippen LogP) is 2.44. The standard InChI is InChI=1S/C15H19BrN2O/c1-9-3-4-12(16)5-13(9)15(19)18-8-11-6-17-7-14(11)10(18)2/h3-5,10-11,14,17H,6-8H2,1-2H3. The molecule has 2 aliphatic heterocycles. The van der Waals surface area contributed by atoms with E-state index in [9.17, 15) is 4.79 Å². The summed E-state index contributed by atoms with van der Waals surface area (Å²) in [5.41, 5.74) is 1.88. The van der Waals surface area contributed by atoms with Crippen LogP contribution in [0.4, 0.5) is 0 Å². The Morgan fingerprint density at radius 3 is 2.95 bits per heavy atom. The fraction of sp³-hybridized carbons (Fsp3) is 0.533. The highest BCUT2D eigenvalue weighted by Gasteiger charge is 2.43. The number of nitrogens with one attached hydrogen (secondary N) is 1. The van der Waals surface area contributed by atoms with Gasteiger partial charge in [0, 0.05) is 35.7 Å². The first-order chi connectivity index (χ1) is 9.08.